The summed E-state index contributed by atoms with van der Waals surface area (Å²) >= 11 is 3.15. The Morgan fingerprint density at radius 3 is 2.44 bits per heavy atom. The van der Waals surface area contributed by atoms with Crippen LogP contribution in [0.3, 0.4) is 0 Å². The van der Waals surface area contributed by atoms with Gasteiger partial charge in [-0.1, -0.05) is 15.9 Å². The zero-order chi connectivity index (χ0) is 13.4. The van der Waals surface area contributed by atoms with E-state index in [0.29, 0.717) is 9.37 Å². The summed E-state index contributed by atoms with van der Waals surface area (Å²) in [5, 5.41) is 9.05. The summed E-state index contributed by atoms with van der Waals surface area (Å²) in [5.41, 5.74) is 0.306. The third kappa shape index (κ3) is 2.15. The highest BCUT2D eigenvalue weighted by atomic mass is 79.9. The lowest BCUT2D eigenvalue weighted by Gasteiger charge is -2.17. The first-order chi connectivity index (χ1) is 8.41. The topological polar surface area (TPSA) is 57.6 Å². The summed E-state index contributed by atoms with van der Waals surface area (Å²) in [5.74, 6) is -1.33. The Balaban J connectivity index is 2.29. The molecule has 0 aromatic heterocycles. The van der Waals surface area contributed by atoms with E-state index in [0.717, 1.165) is 0 Å². The van der Waals surface area contributed by atoms with Crippen molar-refractivity contribution in [2.45, 2.75) is 12.5 Å². The van der Waals surface area contributed by atoms with Crippen LogP contribution in [0.5, 0.6) is 0 Å². The molecule has 1 heterocycles. The van der Waals surface area contributed by atoms with Crippen LogP contribution in [0.15, 0.2) is 22.7 Å². The van der Waals surface area contributed by atoms with Crippen molar-refractivity contribution in [3.63, 3.8) is 0 Å². The number of imide groups is 1. The summed E-state index contributed by atoms with van der Waals surface area (Å²) in [4.78, 5) is 24.3. The van der Waals surface area contributed by atoms with Gasteiger partial charge in [-0.15, -0.1) is 0 Å². The van der Waals surface area contributed by atoms with Gasteiger partial charge in [0.25, 0.3) is 18.2 Å². The van der Waals surface area contributed by atoms with Gasteiger partial charge in [0.1, 0.15) is 6.10 Å². The SMILES string of the molecule is O=C1c2ccc(Br)cc2C(=O)N1CC(O)C(F)F. The molecule has 1 unspecified atom stereocenters. The Kier molecular flexibility index (Phi) is 3.45. The zero-order valence-corrected chi connectivity index (χ0v) is 10.5. The maximum atomic E-state index is 12.2. The van der Waals surface area contributed by atoms with Crippen molar-refractivity contribution in [3.05, 3.63) is 33.8 Å². The summed E-state index contributed by atoms with van der Waals surface area (Å²) in [7, 11) is 0. The average molecular weight is 320 g/mol. The minimum atomic E-state index is -3.00. The first-order valence-electron chi connectivity index (χ1n) is 5.03. The number of β-amino-alcohol motifs (C(OH)–C–C–N with tert-alkyl or cyclic N) is 1. The van der Waals surface area contributed by atoms with Crippen molar-refractivity contribution in [1.82, 2.24) is 4.90 Å². The van der Waals surface area contributed by atoms with Gasteiger partial charge in [0.05, 0.1) is 17.7 Å². The maximum absolute atomic E-state index is 12.2. The quantitative estimate of drug-likeness (QED) is 0.862. The highest BCUT2D eigenvalue weighted by Crippen LogP contribution is 2.26. The fourth-order valence-electron chi connectivity index (χ4n) is 1.70. The van der Waals surface area contributed by atoms with E-state index in [9.17, 15) is 18.4 Å². The number of amides is 2. The van der Waals surface area contributed by atoms with E-state index in [1.807, 2.05) is 0 Å². The Hall–Kier alpha value is -1.34. The van der Waals surface area contributed by atoms with Crippen LogP contribution >= 0.6 is 15.9 Å². The smallest absolute Gasteiger partial charge is 0.265 e. The Morgan fingerprint density at radius 2 is 1.83 bits per heavy atom. The van der Waals surface area contributed by atoms with Gasteiger partial charge < -0.3 is 5.11 Å². The number of benzene rings is 1. The molecule has 2 amide bonds. The second-order valence-corrected chi connectivity index (χ2v) is 4.73. The number of alkyl halides is 2. The molecule has 0 saturated heterocycles. The molecule has 1 aromatic rings. The van der Waals surface area contributed by atoms with Gasteiger partial charge in [0.2, 0.25) is 0 Å². The van der Waals surface area contributed by atoms with Gasteiger partial charge in [0, 0.05) is 4.47 Å². The van der Waals surface area contributed by atoms with Crippen LogP contribution in [-0.2, 0) is 0 Å². The number of aliphatic hydroxyl groups excluding tert-OH is 1. The highest BCUT2D eigenvalue weighted by molar-refractivity contribution is 9.10. The molecule has 1 aliphatic rings. The fraction of sp³-hybridized carbons (Fsp3) is 0.273. The number of carbonyl (C=O) groups is 2. The molecule has 0 bridgehead atoms. The molecule has 1 aliphatic heterocycles. The van der Waals surface area contributed by atoms with E-state index < -0.39 is 30.9 Å². The van der Waals surface area contributed by atoms with E-state index in [2.05, 4.69) is 15.9 Å². The van der Waals surface area contributed by atoms with Crippen molar-refractivity contribution in [1.29, 1.82) is 0 Å². The molecule has 0 radical (unpaired) electrons. The molecule has 18 heavy (non-hydrogen) atoms. The minimum Gasteiger partial charge on any atom is -0.385 e. The van der Waals surface area contributed by atoms with Crippen molar-refractivity contribution in [2.75, 3.05) is 6.54 Å². The number of hydrogen-bond acceptors (Lipinski definition) is 3. The first-order valence-corrected chi connectivity index (χ1v) is 5.83. The fourth-order valence-corrected chi connectivity index (χ4v) is 2.06. The van der Waals surface area contributed by atoms with Crippen LogP contribution in [0, 0.1) is 0 Å². The molecule has 1 atom stereocenters. The molecular weight excluding hydrogens is 312 g/mol. The second-order valence-electron chi connectivity index (χ2n) is 3.81. The number of halogens is 3. The van der Waals surface area contributed by atoms with Gasteiger partial charge in [-0.3, -0.25) is 14.5 Å². The number of rotatable bonds is 3. The molecule has 0 aliphatic carbocycles. The molecular formula is C11H8BrF2NO3. The number of aliphatic hydroxyl groups is 1. The summed E-state index contributed by atoms with van der Waals surface area (Å²) in [6.45, 7) is -0.707. The monoisotopic (exact) mass is 319 g/mol. The average Bonchev–Trinajstić information content (AvgIpc) is 2.54. The third-order valence-corrected chi connectivity index (χ3v) is 3.09. The van der Waals surface area contributed by atoms with E-state index in [1.54, 1.807) is 6.07 Å². The number of carbonyl (C=O) groups excluding carboxylic acids is 2. The lowest BCUT2D eigenvalue weighted by molar-refractivity contribution is -0.0171. The largest absolute Gasteiger partial charge is 0.385 e. The lowest BCUT2D eigenvalue weighted by Crippen LogP contribution is -2.39. The Labute approximate surface area is 109 Å². The third-order valence-electron chi connectivity index (χ3n) is 2.59. The molecule has 2 rings (SSSR count). The molecule has 96 valence electrons. The van der Waals surface area contributed by atoms with Crippen LogP contribution < -0.4 is 0 Å². The number of fused-ring (bicyclic) bond motifs is 1. The Morgan fingerprint density at radius 1 is 1.22 bits per heavy atom. The minimum absolute atomic E-state index is 0.149. The maximum Gasteiger partial charge on any atom is 0.265 e. The normalized spacial score (nSPS) is 16.4. The highest BCUT2D eigenvalue weighted by Gasteiger charge is 2.37. The van der Waals surface area contributed by atoms with Gasteiger partial charge in [-0.05, 0) is 18.2 Å². The predicted octanol–water partition coefficient (Wildman–Crippen LogP) is 1.67. The first kappa shape index (κ1) is 13.1. The van der Waals surface area contributed by atoms with Gasteiger partial charge >= 0.3 is 0 Å². The molecule has 0 fully saturated rings. The van der Waals surface area contributed by atoms with Gasteiger partial charge in [-0.2, -0.15) is 0 Å². The van der Waals surface area contributed by atoms with Crippen molar-refractivity contribution in [3.8, 4) is 0 Å². The van der Waals surface area contributed by atoms with Gasteiger partial charge in [-0.25, -0.2) is 8.78 Å². The van der Waals surface area contributed by atoms with Crippen LogP contribution in [0.2, 0.25) is 0 Å². The van der Waals surface area contributed by atoms with Crippen LogP contribution in [0.1, 0.15) is 20.7 Å². The van der Waals surface area contributed by atoms with Crippen LogP contribution in [0.25, 0.3) is 0 Å². The standard InChI is InChI=1S/C11H8BrF2NO3/c12-5-1-2-6-7(3-5)11(18)15(10(6)17)4-8(16)9(13)14/h1-3,8-9,16H,4H2. The van der Waals surface area contributed by atoms with E-state index in [1.165, 1.54) is 12.1 Å². The molecule has 7 heteroatoms. The van der Waals surface area contributed by atoms with Crippen molar-refractivity contribution < 1.29 is 23.5 Å². The molecule has 1 N–H and O–H groups in total. The van der Waals surface area contributed by atoms with E-state index >= 15 is 0 Å². The van der Waals surface area contributed by atoms with Crippen LogP contribution in [0.4, 0.5) is 8.78 Å². The summed E-state index contributed by atoms with van der Waals surface area (Å²) in [6.07, 6.45) is -5.03. The van der Waals surface area contributed by atoms with E-state index in [4.69, 9.17) is 5.11 Å². The molecule has 0 saturated carbocycles. The summed E-state index contributed by atoms with van der Waals surface area (Å²) in [6, 6.07) is 4.47. The zero-order valence-electron chi connectivity index (χ0n) is 8.94. The van der Waals surface area contributed by atoms with Crippen molar-refractivity contribution >= 4 is 27.7 Å². The second kappa shape index (κ2) is 4.74. The molecule has 1 aromatic carbocycles. The van der Waals surface area contributed by atoms with Gasteiger partial charge in [0.15, 0.2) is 0 Å². The predicted molar refractivity (Wildman–Crippen MR) is 61.5 cm³/mol. The molecule has 4 nitrogen and oxygen atoms in total. The number of nitrogens with zero attached hydrogens (tertiary/aromatic N) is 1. The van der Waals surface area contributed by atoms with Crippen LogP contribution in [-0.4, -0.2) is 40.9 Å². The lowest BCUT2D eigenvalue weighted by atomic mass is 10.1. The Bertz CT molecular complexity index is 521. The van der Waals surface area contributed by atoms with Crippen molar-refractivity contribution in [2.24, 2.45) is 0 Å². The molecule has 0 spiro atoms. The van der Waals surface area contributed by atoms with E-state index in [-0.39, 0.29) is 11.1 Å². The summed E-state index contributed by atoms with van der Waals surface area (Å²) < 4.78 is 25.1. The number of hydrogen-bond donors (Lipinski definition) is 1.